The van der Waals surface area contributed by atoms with E-state index < -0.39 is 0 Å². The average Bonchev–Trinajstić information content (AvgIpc) is 4.06. The number of nitrogens with zero attached hydrogens (tertiary/aromatic N) is 6. The molecule has 0 amide bonds. The van der Waals surface area contributed by atoms with Gasteiger partial charge in [-0.15, -0.1) is 45.3 Å². The largest absolute Gasteiger partial charge is 0.307 e. The predicted molar refractivity (Wildman–Crippen MR) is 275 cm³/mol. The van der Waals surface area contributed by atoms with E-state index in [-0.39, 0.29) is 46.1 Å². The van der Waals surface area contributed by atoms with E-state index in [2.05, 4.69) is 124 Å². The van der Waals surface area contributed by atoms with Gasteiger partial charge >= 0.3 is 0 Å². The fraction of sp³-hybridized carbons (Fsp3) is 0.407. The fourth-order valence-electron chi connectivity index (χ4n) is 8.56. The molecule has 0 aliphatic carbocycles. The van der Waals surface area contributed by atoms with Crippen LogP contribution in [0.2, 0.25) is 0 Å². The second-order valence-corrected chi connectivity index (χ2v) is 22.6. The maximum absolute atomic E-state index is 14.5. The van der Waals surface area contributed by atoms with Crippen molar-refractivity contribution in [3.8, 4) is 40.5 Å². The summed E-state index contributed by atoms with van der Waals surface area (Å²) < 4.78 is 8.04. The van der Waals surface area contributed by atoms with Gasteiger partial charge in [0.05, 0.1) is 30.8 Å². The highest BCUT2D eigenvalue weighted by molar-refractivity contribution is 7.14. The van der Waals surface area contributed by atoms with Gasteiger partial charge in [0, 0.05) is 24.2 Å². The molecule has 0 aliphatic heterocycles. The van der Waals surface area contributed by atoms with Crippen LogP contribution in [0.25, 0.3) is 38.4 Å². The van der Waals surface area contributed by atoms with E-state index in [9.17, 15) is 25.4 Å². The Labute approximate surface area is 403 Å². The Balaban J connectivity index is 2.13. The first-order valence-corrected chi connectivity index (χ1v) is 26.0. The second kappa shape index (κ2) is 20.1. The summed E-state index contributed by atoms with van der Waals surface area (Å²) in [5.74, 6) is 1.18. The average molecular weight is 951 g/mol. The van der Waals surface area contributed by atoms with Gasteiger partial charge in [-0.25, -0.2) is 10.1 Å². The minimum Gasteiger partial charge on any atom is -0.307 e. The highest BCUT2D eigenvalue weighted by Crippen LogP contribution is 2.45. The molecule has 0 saturated heterocycles. The van der Waals surface area contributed by atoms with Crippen LogP contribution in [-0.4, -0.2) is 9.13 Å². The first-order chi connectivity index (χ1) is 31.3. The maximum Gasteiger partial charge on any atom is 0.294 e. The van der Waals surface area contributed by atoms with Gasteiger partial charge in [-0.05, 0) is 106 Å². The Morgan fingerprint density at radius 1 is 0.530 bits per heavy atom. The molecule has 340 valence electrons. The second-order valence-electron chi connectivity index (χ2n) is 18.5. The first kappa shape index (κ1) is 49.8. The lowest BCUT2D eigenvalue weighted by Crippen LogP contribution is -2.26. The van der Waals surface area contributed by atoms with Gasteiger partial charge < -0.3 is 4.57 Å². The van der Waals surface area contributed by atoms with Gasteiger partial charge in [0.1, 0.15) is 30.5 Å². The molecule has 4 heterocycles. The summed E-state index contributed by atoms with van der Waals surface area (Å²) in [5, 5.41) is 30.0. The van der Waals surface area contributed by atoms with Gasteiger partial charge in [-0.1, -0.05) is 107 Å². The van der Waals surface area contributed by atoms with Crippen molar-refractivity contribution in [2.45, 2.75) is 146 Å². The maximum atomic E-state index is 14.5. The van der Waals surface area contributed by atoms with Crippen molar-refractivity contribution in [1.82, 2.24) is 9.13 Å². The van der Waals surface area contributed by atoms with Gasteiger partial charge in [0.2, 0.25) is 0 Å². The van der Waals surface area contributed by atoms with E-state index in [0.29, 0.717) is 43.3 Å². The van der Waals surface area contributed by atoms with E-state index in [1.165, 1.54) is 87.9 Å². The van der Waals surface area contributed by atoms with Crippen molar-refractivity contribution in [2.75, 3.05) is 0 Å². The van der Waals surface area contributed by atoms with Crippen LogP contribution in [0.15, 0.2) is 46.0 Å². The lowest BCUT2D eigenvalue weighted by Gasteiger charge is -2.23. The highest BCUT2D eigenvalue weighted by atomic mass is 32.1. The molecule has 66 heavy (non-hydrogen) atoms. The molecule has 0 saturated carbocycles. The van der Waals surface area contributed by atoms with Crippen LogP contribution < -0.4 is 20.4 Å². The Bertz CT molecular complexity index is 3300. The van der Waals surface area contributed by atoms with Crippen LogP contribution in [0.1, 0.15) is 166 Å². The van der Waals surface area contributed by atoms with E-state index in [4.69, 9.17) is 6.57 Å². The molecule has 6 aromatic rings. The van der Waals surface area contributed by atoms with Crippen LogP contribution >= 0.6 is 45.3 Å². The van der Waals surface area contributed by atoms with E-state index in [1.54, 1.807) is 0 Å². The minimum atomic E-state index is -0.251. The first-order valence-electron chi connectivity index (χ1n) is 22.7. The van der Waals surface area contributed by atoms with Crippen LogP contribution in [-0.2, 0) is 13.1 Å². The lowest BCUT2D eigenvalue weighted by molar-refractivity contribution is 0.722. The molecule has 2 aromatic carbocycles. The highest BCUT2D eigenvalue weighted by Gasteiger charge is 2.25. The summed E-state index contributed by atoms with van der Waals surface area (Å²) in [4.78, 5) is 32.5. The summed E-state index contributed by atoms with van der Waals surface area (Å²) >= 11 is 5.44. The molecule has 0 unspecified atom stereocenters. The van der Waals surface area contributed by atoms with Crippen LogP contribution in [0.5, 0.6) is 0 Å². The van der Waals surface area contributed by atoms with E-state index in [1.807, 2.05) is 32.1 Å². The Morgan fingerprint density at radius 2 is 0.879 bits per heavy atom. The Morgan fingerprint density at radius 3 is 1.17 bits per heavy atom. The number of hydrogen-bond donors (Lipinski definition) is 0. The lowest BCUT2D eigenvalue weighted by atomic mass is 9.81. The van der Waals surface area contributed by atoms with Crippen molar-refractivity contribution >= 4 is 56.6 Å². The monoisotopic (exact) mass is 950 g/mol. The molecular formula is C54H58N6O2S4. The number of nitriles is 3. The van der Waals surface area contributed by atoms with Crippen LogP contribution in [0, 0.1) is 67.8 Å². The zero-order valence-electron chi connectivity index (χ0n) is 40.5. The molecule has 0 fully saturated rings. The summed E-state index contributed by atoms with van der Waals surface area (Å²) in [7, 11) is 0. The zero-order chi connectivity index (χ0) is 48.6. The quantitative estimate of drug-likeness (QED) is 0.127. The van der Waals surface area contributed by atoms with Crippen LogP contribution in [0.4, 0.5) is 0 Å². The molecule has 0 radical (unpaired) electrons. The normalized spacial score (nSPS) is 13.8. The fourth-order valence-corrected chi connectivity index (χ4v) is 13.5. The molecule has 0 bridgehead atoms. The topological polar surface area (TPSA) is 120 Å². The summed E-state index contributed by atoms with van der Waals surface area (Å²) in [5.41, 5.74) is 10.8. The molecule has 0 aliphatic rings. The molecule has 8 nitrogen and oxygen atoms in total. The molecular weight excluding hydrogens is 893 g/mol. The van der Waals surface area contributed by atoms with Crippen molar-refractivity contribution in [3.05, 3.63) is 138 Å². The van der Waals surface area contributed by atoms with Gasteiger partial charge in [-0.2, -0.15) is 10.5 Å². The number of thiazole rings is 2. The van der Waals surface area contributed by atoms with Crippen LogP contribution in [0.3, 0.4) is 0 Å². The van der Waals surface area contributed by atoms with E-state index in [0.717, 1.165) is 40.4 Å². The molecule has 12 heteroatoms. The standard InChI is InChI=1S/C54H58N6O2S4/c1-16-59-51(61)49(65-53(59)35(24-55)25-56)43-22-40(45-36(29(7)8)18-33(27(3)4)19-37(45)30(9)10)47(63-43)48-41(46-38(31(11)12)20-34(28(5)6)21-39(46)32(13)14)23-44(64-48)50-52(62)60(17-2)54(66-50)42(26-57)58-15/h18-23,27-32H,16-17H2,1-14H3/b48-47+,49-43-,50-44-,54-42+. The summed E-state index contributed by atoms with van der Waals surface area (Å²) in [6, 6.07) is 19.7. The SMILES string of the molecule is [C-]#[N+]/C(C#N)=c1/s/c(=c2/cc(-c3c(C(C)C)cc(C(C)C)cc3C(C)C)/c(=c3\s/c(=c4\sc(=C(C#N)C#N)n(CC)c4=O)cc3-c3c(C(C)C)cc(C(C)C)cc3C(C)C)s2)c(=O)n1CC. The smallest absolute Gasteiger partial charge is 0.294 e. The molecule has 0 N–H and O–H groups in total. The van der Waals surface area contributed by atoms with Gasteiger partial charge in [0.15, 0.2) is 5.57 Å². The van der Waals surface area contributed by atoms with Gasteiger partial charge in [0.25, 0.3) is 16.8 Å². The zero-order valence-corrected chi connectivity index (χ0v) is 43.7. The minimum absolute atomic E-state index is 0.101. The summed E-state index contributed by atoms with van der Waals surface area (Å²) in [6.45, 7) is 38.8. The number of thiophene rings is 2. The number of aromatic nitrogens is 2. The third-order valence-corrected chi connectivity index (χ3v) is 17.3. The molecule has 0 spiro atoms. The van der Waals surface area contributed by atoms with Crippen molar-refractivity contribution < 1.29 is 0 Å². The van der Waals surface area contributed by atoms with Crippen molar-refractivity contribution in [1.29, 1.82) is 15.8 Å². The van der Waals surface area contributed by atoms with Gasteiger partial charge in [-0.3, -0.25) is 14.2 Å². The number of rotatable bonds is 10. The third-order valence-electron chi connectivity index (χ3n) is 12.2. The molecule has 6 rings (SSSR count). The number of benzene rings is 2. The van der Waals surface area contributed by atoms with Crippen molar-refractivity contribution in [3.63, 3.8) is 0 Å². The summed E-state index contributed by atoms with van der Waals surface area (Å²) in [6.07, 6.45) is 0. The molecule has 4 aromatic heterocycles. The van der Waals surface area contributed by atoms with Crippen molar-refractivity contribution in [2.24, 2.45) is 0 Å². The van der Waals surface area contributed by atoms with E-state index >= 15 is 0 Å². The number of hydrogen-bond acceptors (Lipinski definition) is 9. The molecule has 0 atom stereocenters. The Kier molecular flexibility index (Phi) is 15.2. The third kappa shape index (κ3) is 8.98. The predicted octanol–water partition coefficient (Wildman–Crippen LogP) is 13.0. The Hall–Kier alpha value is -5.60.